The molecule has 2 unspecified atom stereocenters. The molecule has 4 heteroatoms. The second-order valence-electron chi connectivity index (χ2n) is 5.46. The van der Waals surface area contributed by atoms with Crippen LogP contribution in [0.25, 0.3) is 0 Å². The molecule has 1 aliphatic rings. The Balaban J connectivity index is 2.16. The summed E-state index contributed by atoms with van der Waals surface area (Å²) in [4.78, 5) is 0. The van der Waals surface area contributed by atoms with Crippen LogP contribution < -0.4 is 10.1 Å². The summed E-state index contributed by atoms with van der Waals surface area (Å²) >= 11 is 0. The summed E-state index contributed by atoms with van der Waals surface area (Å²) in [6, 6.07) is 7.41. The highest BCUT2D eigenvalue weighted by Gasteiger charge is 2.38. The molecule has 0 amide bonds. The third-order valence-electron chi connectivity index (χ3n) is 4.02. The Morgan fingerprint density at radius 1 is 1.35 bits per heavy atom. The molecule has 0 saturated carbocycles. The Hall–Kier alpha value is -1.13. The van der Waals surface area contributed by atoms with Crippen LogP contribution in [0.4, 0.5) is 4.39 Å². The van der Waals surface area contributed by atoms with Crippen molar-refractivity contribution >= 4 is 0 Å². The lowest BCUT2D eigenvalue weighted by Crippen LogP contribution is -2.40. The number of piperidine rings is 1. The molecule has 112 valence electrons. The van der Waals surface area contributed by atoms with Gasteiger partial charge in [0.05, 0.1) is 6.61 Å². The van der Waals surface area contributed by atoms with E-state index in [1.165, 1.54) is 0 Å². The summed E-state index contributed by atoms with van der Waals surface area (Å²) in [5, 5.41) is 3.28. The van der Waals surface area contributed by atoms with E-state index in [4.69, 9.17) is 9.47 Å². The number of hydrogen-bond acceptors (Lipinski definition) is 3. The molecule has 1 aliphatic heterocycles. The van der Waals surface area contributed by atoms with Crippen LogP contribution >= 0.6 is 0 Å². The van der Waals surface area contributed by atoms with Crippen molar-refractivity contribution in [1.29, 1.82) is 0 Å². The van der Waals surface area contributed by atoms with Crippen LogP contribution in [0.15, 0.2) is 24.3 Å². The van der Waals surface area contributed by atoms with Gasteiger partial charge in [-0.1, -0.05) is 18.2 Å². The fraction of sp³-hybridized carbons (Fsp3) is 0.625. The molecule has 1 aromatic rings. The predicted octanol–water partition coefficient (Wildman–Crippen LogP) is 2.90. The maximum atomic E-state index is 15.3. The molecule has 0 spiro atoms. The van der Waals surface area contributed by atoms with Crippen molar-refractivity contribution in [2.24, 2.45) is 5.92 Å². The SMILES string of the molecule is COCCOc1ccccc1C(C)(F)C1CCCNC1. The summed E-state index contributed by atoms with van der Waals surface area (Å²) in [6.07, 6.45) is 1.93. The van der Waals surface area contributed by atoms with Crippen LogP contribution in [0.2, 0.25) is 0 Å². The Morgan fingerprint density at radius 3 is 2.85 bits per heavy atom. The fourth-order valence-corrected chi connectivity index (χ4v) is 2.77. The van der Waals surface area contributed by atoms with Crippen molar-refractivity contribution in [3.8, 4) is 5.75 Å². The number of hydrogen-bond donors (Lipinski definition) is 1. The summed E-state index contributed by atoms with van der Waals surface area (Å²) < 4.78 is 26.0. The first-order valence-electron chi connectivity index (χ1n) is 7.27. The minimum atomic E-state index is -1.38. The van der Waals surface area contributed by atoms with Crippen LogP contribution in [0.1, 0.15) is 25.3 Å². The van der Waals surface area contributed by atoms with Crippen LogP contribution in [-0.2, 0) is 10.4 Å². The predicted molar refractivity (Wildman–Crippen MR) is 77.9 cm³/mol. The molecule has 0 aliphatic carbocycles. The van der Waals surface area contributed by atoms with Crippen molar-refractivity contribution in [3.05, 3.63) is 29.8 Å². The van der Waals surface area contributed by atoms with Gasteiger partial charge in [-0.25, -0.2) is 4.39 Å². The number of benzene rings is 1. The number of halogens is 1. The van der Waals surface area contributed by atoms with Gasteiger partial charge in [0.25, 0.3) is 0 Å². The van der Waals surface area contributed by atoms with Crippen LogP contribution in [-0.4, -0.2) is 33.4 Å². The molecule has 20 heavy (non-hydrogen) atoms. The highest BCUT2D eigenvalue weighted by molar-refractivity contribution is 5.38. The number of methoxy groups -OCH3 is 1. The van der Waals surface area contributed by atoms with Crippen molar-refractivity contribution < 1.29 is 13.9 Å². The lowest BCUT2D eigenvalue weighted by atomic mass is 9.80. The van der Waals surface area contributed by atoms with Gasteiger partial charge in [-0.15, -0.1) is 0 Å². The van der Waals surface area contributed by atoms with Crippen LogP contribution in [0, 0.1) is 5.92 Å². The van der Waals surface area contributed by atoms with Gasteiger partial charge in [0.1, 0.15) is 18.0 Å². The highest BCUT2D eigenvalue weighted by Crippen LogP contribution is 2.41. The number of rotatable bonds is 6. The fourth-order valence-electron chi connectivity index (χ4n) is 2.77. The van der Waals surface area contributed by atoms with E-state index in [9.17, 15) is 0 Å². The monoisotopic (exact) mass is 281 g/mol. The summed E-state index contributed by atoms with van der Waals surface area (Å²) in [5.41, 5.74) is -0.735. The first-order valence-corrected chi connectivity index (χ1v) is 7.27. The number of ether oxygens (including phenoxy) is 2. The van der Waals surface area contributed by atoms with Crippen molar-refractivity contribution in [2.45, 2.75) is 25.4 Å². The lowest BCUT2D eigenvalue weighted by Gasteiger charge is -2.35. The molecular weight excluding hydrogens is 257 g/mol. The minimum absolute atomic E-state index is 0.0107. The van der Waals surface area contributed by atoms with Crippen molar-refractivity contribution in [1.82, 2.24) is 5.32 Å². The molecule has 2 atom stereocenters. The third kappa shape index (κ3) is 3.49. The molecule has 0 radical (unpaired) electrons. The van der Waals surface area contributed by atoms with Gasteiger partial charge in [-0.2, -0.15) is 0 Å². The normalized spacial score (nSPS) is 22.2. The molecule has 1 heterocycles. The van der Waals surface area contributed by atoms with E-state index < -0.39 is 5.67 Å². The smallest absolute Gasteiger partial charge is 0.140 e. The molecule has 0 bridgehead atoms. The quantitative estimate of drug-likeness (QED) is 0.813. The molecule has 1 aromatic carbocycles. The first kappa shape index (κ1) is 15.3. The van der Waals surface area contributed by atoms with Gasteiger partial charge < -0.3 is 14.8 Å². The van der Waals surface area contributed by atoms with Gasteiger partial charge in [-0.05, 0) is 32.4 Å². The average molecular weight is 281 g/mol. The topological polar surface area (TPSA) is 30.5 Å². The van der Waals surface area contributed by atoms with Gasteiger partial charge in [-0.3, -0.25) is 0 Å². The van der Waals surface area contributed by atoms with Gasteiger partial charge >= 0.3 is 0 Å². The maximum absolute atomic E-state index is 15.3. The van der Waals surface area contributed by atoms with E-state index in [0.29, 0.717) is 24.5 Å². The number of alkyl halides is 1. The van der Waals surface area contributed by atoms with Crippen LogP contribution in [0.3, 0.4) is 0 Å². The molecule has 3 nitrogen and oxygen atoms in total. The van der Waals surface area contributed by atoms with Gasteiger partial charge in [0.2, 0.25) is 0 Å². The van der Waals surface area contributed by atoms with E-state index in [1.807, 2.05) is 24.3 Å². The third-order valence-corrected chi connectivity index (χ3v) is 4.02. The lowest BCUT2D eigenvalue weighted by molar-refractivity contribution is 0.0753. The zero-order valence-corrected chi connectivity index (χ0v) is 12.3. The summed E-state index contributed by atoms with van der Waals surface area (Å²) in [7, 11) is 1.63. The van der Waals surface area contributed by atoms with E-state index in [-0.39, 0.29) is 5.92 Å². The molecular formula is C16H24FNO2. The Kier molecular flexibility index (Phi) is 5.38. The molecule has 1 N–H and O–H groups in total. The standard InChI is InChI=1S/C16H24FNO2/c1-16(17,13-6-5-9-18-12-13)14-7-3-4-8-15(14)20-11-10-19-2/h3-4,7-8,13,18H,5-6,9-12H2,1-2H3. The molecule has 1 fully saturated rings. The van der Waals surface area contributed by atoms with Crippen molar-refractivity contribution in [3.63, 3.8) is 0 Å². The Bertz CT molecular complexity index is 417. The van der Waals surface area contributed by atoms with E-state index in [2.05, 4.69) is 5.32 Å². The number of para-hydroxylation sites is 1. The molecule has 1 saturated heterocycles. The maximum Gasteiger partial charge on any atom is 0.140 e. The zero-order valence-electron chi connectivity index (χ0n) is 12.3. The van der Waals surface area contributed by atoms with Gasteiger partial charge in [0, 0.05) is 25.1 Å². The second-order valence-corrected chi connectivity index (χ2v) is 5.46. The second kappa shape index (κ2) is 7.04. The Labute approximate surface area is 120 Å². The van der Waals surface area contributed by atoms with Crippen LogP contribution in [0.5, 0.6) is 5.75 Å². The number of nitrogens with one attached hydrogen (secondary N) is 1. The summed E-state index contributed by atoms with van der Waals surface area (Å²) in [5.74, 6) is 0.614. The summed E-state index contributed by atoms with van der Waals surface area (Å²) in [6.45, 7) is 4.32. The molecule has 2 rings (SSSR count). The van der Waals surface area contributed by atoms with E-state index >= 15 is 4.39 Å². The molecule has 0 aromatic heterocycles. The highest BCUT2D eigenvalue weighted by atomic mass is 19.1. The van der Waals surface area contributed by atoms with E-state index in [1.54, 1.807) is 14.0 Å². The van der Waals surface area contributed by atoms with Gasteiger partial charge in [0.15, 0.2) is 0 Å². The average Bonchev–Trinajstić information content (AvgIpc) is 2.49. The zero-order chi connectivity index (χ0) is 14.4. The Morgan fingerprint density at radius 2 is 2.15 bits per heavy atom. The minimum Gasteiger partial charge on any atom is -0.491 e. The van der Waals surface area contributed by atoms with Crippen molar-refractivity contribution in [2.75, 3.05) is 33.4 Å². The largest absolute Gasteiger partial charge is 0.491 e. The first-order chi connectivity index (χ1) is 9.66. The van der Waals surface area contributed by atoms with E-state index in [0.717, 1.165) is 25.9 Å².